The molecule has 3 aliphatic rings. The summed E-state index contributed by atoms with van der Waals surface area (Å²) in [5.74, 6) is 2.10. The topological polar surface area (TPSA) is 40.5 Å². The van der Waals surface area contributed by atoms with E-state index in [1.165, 1.54) is 25.7 Å². The van der Waals surface area contributed by atoms with E-state index in [4.69, 9.17) is 0 Å². The van der Waals surface area contributed by atoms with Crippen LogP contribution in [0.15, 0.2) is 0 Å². The lowest BCUT2D eigenvalue weighted by Crippen LogP contribution is -2.31. The second-order valence-corrected chi connectivity index (χ2v) is 6.56. The third kappa shape index (κ3) is 2.42. The van der Waals surface area contributed by atoms with Crippen LogP contribution in [0.1, 0.15) is 51.4 Å². The summed E-state index contributed by atoms with van der Waals surface area (Å²) in [6.07, 6.45) is 9.11. The summed E-state index contributed by atoms with van der Waals surface area (Å²) < 4.78 is 0. The predicted octanol–water partition coefficient (Wildman–Crippen LogP) is 2.19. The fourth-order valence-corrected chi connectivity index (χ4v) is 4.23. The zero-order valence-electron chi connectivity index (χ0n) is 11.2. The third-order valence-corrected chi connectivity index (χ3v) is 5.41. The number of aliphatic hydroxyl groups is 1. The standard InChI is InChI=1S/C15H25NO2/c17-14-7-6-12-9-16(10-13(12)14)15(18)8-5-11-3-1-2-4-11/h11-14,17H,1-10H2. The molecule has 0 aromatic carbocycles. The van der Waals surface area contributed by atoms with E-state index in [0.717, 1.165) is 44.7 Å². The van der Waals surface area contributed by atoms with Crippen LogP contribution in [0.2, 0.25) is 0 Å². The first-order valence-corrected chi connectivity index (χ1v) is 7.70. The minimum Gasteiger partial charge on any atom is -0.393 e. The van der Waals surface area contributed by atoms with Gasteiger partial charge in [0.15, 0.2) is 0 Å². The Balaban J connectivity index is 1.46. The molecule has 1 amide bonds. The Kier molecular flexibility index (Phi) is 3.60. The van der Waals surface area contributed by atoms with E-state index in [1.54, 1.807) is 0 Å². The second kappa shape index (κ2) is 5.20. The Morgan fingerprint density at radius 3 is 2.61 bits per heavy atom. The van der Waals surface area contributed by atoms with Gasteiger partial charge in [0.05, 0.1) is 6.10 Å². The highest BCUT2D eigenvalue weighted by atomic mass is 16.3. The Bertz CT molecular complexity index is 312. The first-order chi connectivity index (χ1) is 8.74. The molecule has 0 spiro atoms. The summed E-state index contributed by atoms with van der Waals surface area (Å²) in [7, 11) is 0. The van der Waals surface area contributed by atoms with Crippen LogP contribution in [0.25, 0.3) is 0 Å². The summed E-state index contributed by atoms with van der Waals surface area (Å²) in [5.41, 5.74) is 0. The zero-order chi connectivity index (χ0) is 12.5. The number of carbonyl (C=O) groups excluding carboxylic acids is 1. The number of rotatable bonds is 3. The Morgan fingerprint density at radius 2 is 1.89 bits per heavy atom. The fourth-order valence-electron chi connectivity index (χ4n) is 4.23. The van der Waals surface area contributed by atoms with Crippen LogP contribution in [0.3, 0.4) is 0 Å². The first kappa shape index (κ1) is 12.5. The number of nitrogens with zero attached hydrogens (tertiary/aromatic N) is 1. The van der Waals surface area contributed by atoms with Crippen molar-refractivity contribution in [2.45, 2.75) is 57.5 Å². The number of hydrogen-bond acceptors (Lipinski definition) is 2. The van der Waals surface area contributed by atoms with Crippen LogP contribution in [0.5, 0.6) is 0 Å². The number of aliphatic hydroxyl groups excluding tert-OH is 1. The van der Waals surface area contributed by atoms with Gasteiger partial charge in [-0.1, -0.05) is 25.7 Å². The number of amides is 1. The van der Waals surface area contributed by atoms with Gasteiger partial charge in [-0.05, 0) is 31.1 Å². The van der Waals surface area contributed by atoms with Gasteiger partial charge in [0.2, 0.25) is 5.91 Å². The van der Waals surface area contributed by atoms with E-state index in [-0.39, 0.29) is 6.10 Å². The van der Waals surface area contributed by atoms with Crippen molar-refractivity contribution in [3.05, 3.63) is 0 Å². The molecule has 1 aliphatic heterocycles. The quantitative estimate of drug-likeness (QED) is 0.835. The number of likely N-dealkylation sites (tertiary alicyclic amines) is 1. The van der Waals surface area contributed by atoms with Crippen molar-refractivity contribution in [1.29, 1.82) is 0 Å². The van der Waals surface area contributed by atoms with Crippen molar-refractivity contribution in [3.63, 3.8) is 0 Å². The highest BCUT2D eigenvalue weighted by Crippen LogP contribution is 2.38. The lowest BCUT2D eigenvalue weighted by molar-refractivity contribution is -0.130. The molecule has 1 N–H and O–H groups in total. The molecule has 2 saturated carbocycles. The van der Waals surface area contributed by atoms with Gasteiger partial charge < -0.3 is 10.0 Å². The van der Waals surface area contributed by atoms with Crippen molar-refractivity contribution in [3.8, 4) is 0 Å². The Hall–Kier alpha value is -0.570. The number of carbonyl (C=O) groups is 1. The van der Waals surface area contributed by atoms with E-state index < -0.39 is 0 Å². The molecule has 2 aliphatic carbocycles. The molecular formula is C15H25NO2. The van der Waals surface area contributed by atoms with E-state index >= 15 is 0 Å². The van der Waals surface area contributed by atoms with Crippen LogP contribution in [0, 0.1) is 17.8 Å². The maximum absolute atomic E-state index is 12.2. The molecule has 3 nitrogen and oxygen atoms in total. The largest absolute Gasteiger partial charge is 0.393 e. The van der Waals surface area contributed by atoms with Crippen LogP contribution in [-0.2, 0) is 4.79 Å². The van der Waals surface area contributed by atoms with Gasteiger partial charge in [-0.2, -0.15) is 0 Å². The van der Waals surface area contributed by atoms with Crippen LogP contribution < -0.4 is 0 Å². The normalized spacial score (nSPS) is 36.3. The van der Waals surface area contributed by atoms with Crippen LogP contribution >= 0.6 is 0 Å². The van der Waals surface area contributed by atoms with Gasteiger partial charge in [0.25, 0.3) is 0 Å². The van der Waals surface area contributed by atoms with E-state index in [9.17, 15) is 9.90 Å². The zero-order valence-corrected chi connectivity index (χ0v) is 11.2. The monoisotopic (exact) mass is 251 g/mol. The first-order valence-electron chi connectivity index (χ1n) is 7.70. The van der Waals surface area contributed by atoms with Crippen molar-refractivity contribution < 1.29 is 9.90 Å². The van der Waals surface area contributed by atoms with E-state index in [1.807, 2.05) is 4.90 Å². The van der Waals surface area contributed by atoms with Crippen molar-refractivity contribution >= 4 is 5.91 Å². The third-order valence-electron chi connectivity index (χ3n) is 5.41. The molecule has 3 fully saturated rings. The molecule has 0 radical (unpaired) electrons. The molecule has 3 atom stereocenters. The Labute approximate surface area is 110 Å². The van der Waals surface area contributed by atoms with Crippen LogP contribution in [0.4, 0.5) is 0 Å². The lowest BCUT2D eigenvalue weighted by atomic mass is 10.00. The van der Waals surface area contributed by atoms with Crippen molar-refractivity contribution in [1.82, 2.24) is 4.90 Å². The average Bonchev–Trinajstić information content (AvgIpc) is 3.05. The van der Waals surface area contributed by atoms with Gasteiger partial charge in [-0.3, -0.25) is 4.79 Å². The summed E-state index contributed by atoms with van der Waals surface area (Å²) in [5, 5.41) is 9.86. The van der Waals surface area contributed by atoms with Crippen molar-refractivity contribution in [2.75, 3.05) is 13.1 Å². The van der Waals surface area contributed by atoms with Crippen molar-refractivity contribution in [2.24, 2.45) is 17.8 Å². The molecule has 1 heterocycles. The maximum Gasteiger partial charge on any atom is 0.222 e. The maximum atomic E-state index is 12.2. The minimum absolute atomic E-state index is 0.150. The molecular weight excluding hydrogens is 226 g/mol. The summed E-state index contributed by atoms with van der Waals surface area (Å²) >= 11 is 0. The summed E-state index contributed by atoms with van der Waals surface area (Å²) in [4.78, 5) is 14.2. The molecule has 0 aromatic rings. The summed E-state index contributed by atoms with van der Waals surface area (Å²) in [6, 6.07) is 0. The van der Waals surface area contributed by atoms with Gasteiger partial charge in [0, 0.05) is 25.4 Å². The number of hydrogen-bond donors (Lipinski definition) is 1. The van der Waals surface area contributed by atoms with Gasteiger partial charge in [-0.25, -0.2) is 0 Å². The second-order valence-electron chi connectivity index (χ2n) is 6.56. The van der Waals surface area contributed by atoms with E-state index in [2.05, 4.69) is 0 Å². The molecule has 0 aromatic heterocycles. The highest BCUT2D eigenvalue weighted by molar-refractivity contribution is 5.76. The Morgan fingerprint density at radius 1 is 1.11 bits per heavy atom. The van der Waals surface area contributed by atoms with Gasteiger partial charge in [-0.15, -0.1) is 0 Å². The lowest BCUT2D eigenvalue weighted by Gasteiger charge is -2.19. The molecule has 3 unspecified atom stereocenters. The molecule has 18 heavy (non-hydrogen) atoms. The van der Waals surface area contributed by atoms with Crippen LogP contribution in [-0.4, -0.2) is 35.1 Å². The smallest absolute Gasteiger partial charge is 0.222 e. The predicted molar refractivity (Wildman–Crippen MR) is 70.0 cm³/mol. The summed E-state index contributed by atoms with van der Waals surface area (Å²) in [6.45, 7) is 1.72. The van der Waals surface area contributed by atoms with E-state index in [0.29, 0.717) is 17.7 Å². The molecule has 102 valence electrons. The minimum atomic E-state index is -0.150. The molecule has 0 bridgehead atoms. The SMILES string of the molecule is O=C(CCC1CCCC1)N1CC2CCC(O)C2C1. The number of fused-ring (bicyclic) bond motifs is 1. The van der Waals surface area contributed by atoms with Gasteiger partial charge >= 0.3 is 0 Å². The van der Waals surface area contributed by atoms with Gasteiger partial charge in [0.1, 0.15) is 0 Å². The average molecular weight is 251 g/mol. The highest BCUT2D eigenvalue weighted by Gasteiger charge is 2.43. The molecule has 3 rings (SSSR count). The fraction of sp³-hybridized carbons (Fsp3) is 0.933. The molecule has 1 saturated heterocycles. The molecule has 3 heteroatoms.